The molecule has 2 aliphatic carbocycles. The molecule has 0 amide bonds. The summed E-state index contributed by atoms with van der Waals surface area (Å²) in [7, 11) is 0. The summed E-state index contributed by atoms with van der Waals surface area (Å²) in [5.74, 6) is 1.29. The van der Waals surface area contributed by atoms with Crippen molar-refractivity contribution in [1.29, 1.82) is 0 Å². The molecule has 0 radical (unpaired) electrons. The lowest BCUT2D eigenvalue weighted by molar-refractivity contribution is 0.691. The van der Waals surface area contributed by atoms with Gasteiger partial charge in [0, 0.05) is 5.92 Å². The maximum Gasteiger partial charge on any atom is 0.00483 e. The van der Waals surface area contributed by atoms with E-state index in [-0.39, 0.29) is 0 Å². The Kier molecular flexibility index (Phi) is 0.971. The Morgan fingerprint density at radius 2 is 1.80 bits per heavy atom. The molecule has 0 aromatic carbocycles. The van der Waals surface area contributed by atoms with Crippen molar-refractivity contribution in [3.8, 4) is 0 Å². The Morgan fingerprint density at radius 3 is 2.20 bits per heavy atom. The van der Waals surface area contributed by atoms with Crippen molar-refractivity contribution in [2.24, 2.45) is 11.8 Å². The first kappa shape index (κ1) is 5.96. The van der Waals surface area contributed by atoms with Gasteiger partial charge in [0.15, 0.2) is 0 Å². The molecule has 2 atom stereocenters. The number of rotatable bonds is 0. The molecule has 0 heteroatoms. The highest BCUT2D eigenvalue weighted by molar-refractivity contribution is 5.45. The SMILES string of the molecule is C=C1C(=C)C2CC1CC2=C. The summed E-state index contributed by atoms with van der Waals surface area (Å²) in [6, 6.07) is 0. The third-order valence-corrected chi connectivity index (χ3v) is 2.85. The summed E-state index contributed by atoms with van der Waals surface area (Å²) in [6.07, 6.45) is 2.42. The smallest absolute Gasteiger partial charge is 0.00483 e. The molecule has 10 heavy (non-hydrogen) atoms. The van der Waals surface area contributed by atoms with Gasteiger partial charge in [0.05, 0.1) is 0 Å². The van der Waals surface area contributed by atoms with Crippen LogP contribution in [0.2, 0.25) is 0 Å². The third-order valence-electron chi connectivity index (χ3n) is 2.85. The molecule has 0 aromatic rings. The summed E-state index contributed by atoms with van der Waals surface area (Å²) in [4.78, 5) is 0. The van der Waals surface area contributed by atoms with Crippen LogP contribution in [0.1, 0.15) is 12.8 Å². The van der Waals surface area contributed by atoms with Gasteiger partial charge in [0.25, 0.3) is 0 Å². The van der Waals surface area contributed by atoms with E-state index >= 15 is 0 Å². The lowest BCUT2D eigenvalue weighted by Crippen LogP contribution is -2.02. The van der Waals surface area contributed by atoms with Gasteiger partial charge in [-0.25, -0.2) is 0 Å². The highest BCUT2D eigenvalue weighted by Gasteiger charge is 2.39. The predicted octanol–water partition coefficient (Wildman–Crippen LogP) is 2.69. The number of hydrogen-bond acceptors (Lipinski definition) is 0. The van der Waals surface area contributed by atoms with Crippen LogP contribution in [0, 0.1) is 11.8 Å². The molecule has 0 heterocycles. The van der Waals surface area contributed by atoms with E-state index in [4.69, 9.17) is 0 Å². The molecule has 2 saturated carbocycles. The topological polar surface area (TPSA) is 0 Å². The normalized spacial score (nSPS) is 37.8. The zero-order chi connectivity index (χ0) is 7.30. The molecule has 52 valence electrons. The fraction of sp³-hybridized carbons (Fsp3) is 0.400. The maximum absolute atomic E-state index is 4.02. The van der Waals surface area contributed by atoms with Crippen molar-refractivity contribution < 1.29 is 0 Å². The van der Waals surface area contributed by atoms with E-state index in [9.17, 15) is 0 Å². The second-order valence-electron chi connectivity index (χ2n) is 3.40. The lowest BCUT2D eigenvalue weighted by Gasteiger charge is -2.16. The van der Waals surface area contributed by atoms with Gasteiger partial charge in [-0.2, -0.15) is 0 Å². The van der Waals surface area contributed by atoms with Crippen molar-refractivity contribution >= 4 is 0 Å². The highest BCUT2D eigenvalue weighted by atomic mass is 14.4. The molecule has 2 unspecified atom stereocenters. The molecule has 2 rings (SSSR count). The summed E-state index contributed by atoms with van der Waals surface area (Å²) in [5, 5.41) is 0. The van der Waals surface area contributed by atoms with Crippen molar-refractivity contribution in [3.05, 3.63) is 36.5 Å². The van der Waals surface area contributed by atoms with Crippen LogP contribution in [0.25, 0.3) is 0 Å². The summed E-state index contributed by atoms with van der Waals surface area (Å²) < 4.78 is 0. The molecule has 0 aromatic heterocycles. The Hall–Kier alpha value is -0.780. The van der Waals surface area contributed by atoms with Crippen LogP contribution in [-0.4, -0.2) is 0 Å². The third kappa shape index (κ3) is 0.518. The van der Waals surface area contributed by atoms with Gasteiger partial charge in [-0.15, -0.1) is 0 Å². The van der Waals surface area contributed by atoms with Crippen molar-refractivity contribution in [3.63, 3.8) is 0 Å². The van der Waals surface area contributed by atoms with Gasteiger partial charge in [0.1, 0.15) is 0 Å². The van der Waals surface area contributed by atoms with Gasteiger partial charge in [-0.05, 0) is 29.9 Å². The van der Waals surface area contributed by atoms with Crippen molar-refractivity contribution in [2.45, 2.75) is 12.8 Å². The Bertz CT molecular complexity index is 232. The fourth-order valence-corrected chi connectivity index (χ4v) is 2.13. The minimum atomic E-state index is 0.595. The van der Waals surface area contributed by atoms with Gasteiger partial charge in [0.2, 0.25) is 0 Å². The van der Waals surface area contributed by atoms with Crippen LogP contribution < -0.4 is 0 Å². The largest absolute Gasteiger partial charge is 0.0992 e. The standard InChI is InChI=1S/C10H12/c1-6-4-9-5-10(6)8(3)7(9)2/h9-10H,1-5H2. The molecule has 2 aliphatic rings. The molecular weight excluding hydrogens is 120 g/mol. The highest BCUT2D eigenvalue weighted by Crippen LogP contribution is 2.52. The van der Waals surface area contributed by atoms with E-state index in [0.717, 1.165) is 0 Å². The molecule has 2 fully saturated rings. The Morgan fingerprint density at radius 1 is 1.10 bits per heavy atom. The second kappa shape index (κ2) is 1.63. The lowest BCUT2D eigenvalue weighted by atomic mass is 9.89. The fourth-order valence-electron chi connectivity index (χ4n) is 2.13. The van der Waals surface area contributed by atoms with Crippen LogP contribution in [0.5, 0.6) is 0 Å². The zero-order valence-electron chi connectivity index (χ0n) is 6.19. The molecule has 0 N–H and O–H groups in total. The summed E-state index contributed by atoms with van der Waals surface area (Å²) in [5.41, 5.74) is 3.92. The molecule has 2 bridgehead atoms. The molecule has 0 saturated heterocycles. The maximum atomic E-state index is 4.02. The van der Waals surface area contributed by atoms with Crippen molar-refractivity contribution in [1.82, 2.24) is 0 Å². The van der Waals surface area contributed by atoms with Gasteiger partial charge in [-0.3, -0.25) is 0 Å². The monoisotopic (exact) mass is 132 g/mol. The van der Waals surface area contributed by atoms with E-state index in [1.807, 2.05) is 0 Å². The van der Waals surface area contributed by atoms with Gasteiger partial charge >= 0.3 is 0 Å². The number of hydrogen-bond donors (Lipinski definition) is 0. The Labute approximate surface area is 61.9 Å². The molecule has 0 nitrogen and oxygen atoms in total. The van der Waals surface area contributed by atoms with E-state index < -0.39 is 0 Å². The molecule has 0 spiro atoms. The average Bonchev–Trinajstić information content (AvgIpc) is 2.36. The predicted molar refractivity (Wildman–Crippen MR) is 43.6 cm³/mol. The van der Waals surface area contributed by atoms with E-state index in [0.29, 0.717) is 11.8 Å². The second-order valence-corrected chi connectivity index (χ2v) is 3.40. The van der Waals surface area contributed by atoms with Crippen LogP contribution >= 0.6 is 0 Å². The van der Waals surface area contributed by atoms with E-state index in [2.05, 4.69) is 19.7 Å². The van der Waals surface area contributed by atoms with Crippen LogP contribution in [-0.2, 0) is 0 Å². The van der Waals surface area contributed by atoms with Crippen LogP contribution in [0.4, 0.5) is 0 Å². The number of allylic oxidation sites excluding steroid dienone is 3. The first-order valence-electron chi connectivity index (χ1n) is 3.75. The van der Waals surface area contributed by atoms with Crippen LogP contribution in [0.15, 0.2) is 36.5 Å². The zero-order valence-corrected chi connectivity index (χ0v) is 6.19. The summed E-state index contributed by atoms with van der Waals surface area (Å²) in [6.45, 7) is 12.0. The molecular formula is C10H12. The molecule has 0 aliphatic heterocycles. The quantitative estimate of drug-likeness (QED) is 0.444. The van der Waals surface area contributed by atoms with Crippen LogP contribution in [0.3, 0.4) is 0 Å². The first-order valence-corrected chi connectivity index (χ1v) is 3.75. The van der Waals surface area contributed by atoms with Crippen molar-refractivity contribution in [2.75, 3.05) is 0 Å². The minimum Gasteiger partial charge on any atom is -0.0992 e. The van der Waals surface area contributed by atoms with E-state index in [1.54, 1.807) is 0 Å². The Balaban J connectivity index is 2.41. The first-order chi connectivity index (χ1) is 4.70. The van der Waals surface area contributed by atoms with Gasteiger partial charge in [-0.1, -0.05) is 25.3 Å². The average molecular weight is 132 g/mol. The van der Waals surface area contributed by atoms with Gasteiger partial charge < -0.3 is 0 Å². The summed E-state index contributed by atoms with van der Waals surface area (Å²) >= 11 is 0. The van der Waals surface area contributed by atoms with E-state index in [1.165, 1.54) is 29.6 Å². The minimum absolute atomic E-state index is 0.595. The number of fused-ring (bicyclic) bond motifs is 2.